The van der Waals surface area contributed by atoms with Crippen molar-refractivity contribution in [3.05, 3.63) is 0 Å². The first-order chi connectivity index (χ1) is 9.22. The molecule has 0 spiro atoms. The van der Waals surface area contributed by atoms with Gasteiger partial charge in [0.15, 0.2) is 0 Å². The van der Waals surface area contributed by atoms with E-state index in [1.165, 1.54) is 0 Å². The van der Waals surface area contributed by atoms with E-state index in [4.69, 9.17) is 35.0 Å². The van der Waals surface area contributed by atoms with Crippen molar-refractivity contribution >= 4 is 0 Å². The molecule has 0 aliphatic heterocycles. The lowest BCUT2D eigenvalue weighted by Crippen LogP contribution is -2.11. The molecule has 0 amide bonds. The summed E-state index contributed by atoms with van der Waals surface area (Å²) in [5.74, 6) is 0. The van der Waals surface area contributed by atoms with Crippen molar-refractivity contribution in [2.45, 2.75) is 25.4 Å². The first-order valence-corrected chi connectivity index (χ1v) is 6.49. The summed E-state index contributed by atoms with van der Waals surface area (Å²) in [4.78, 5) is 0. The molecule has 7 nitrogen and oxygen atoms in total. The van der Waals surface area contributed by atoms with Gasteiger partial charge in [0.2, 0.25) is 0 Å². The summed E-state index contributed by atoms with van der Waals surface area (Å²) in [5, 5.41) is 41.9. The van der Waals surface area contributed by atoms with Crippen LogP contribution in [0.4, 0.5) is 0 Å². The van der Waals surface area contributed by atoms with Crippen LogP contribution in [0.3, 0.4) is 0 Å². The van der Waals surface area contributed by atoms with Crippen LogP contribution in [0.25, 0.3) is 0 Å². The highest BCUT2D eigenvalue weighted by Crippen LogP contribution is 1.98. The van der Waals surface area contributed by atoms with Crippen molar-refractivity contribution < 1.29 is 35.0 Å². The molecule has 118 valence electrons. The summed E-state index contributed by atoms with van der Waals surface area (Å²) < 4.78 is 9.75. The molecular weight excluding hydrogens is 256 g/mol. The van der Waals surface area contributed by atoms with Gasteiger partial charge in [0, 0.05) is 6.61 Å². The van der Waals surface area contributed by atoms with Crippen molar-refractivity contribution in [2.75, 3.05) is 52.9 Å². The first-order valence-electron chi connectivity index (χ1n) is 6.49. The predicted octanol–water partition coefficient (Wildman–Crippen LogP) is -1.49. The maximum atomic E-state index is 8.75. The fourth-order valence-electron chi connectivity index (χ4n) is 1.03. The second kappa shape index (κ2) is 20.0. The smallest absolute Gasteiger partial charge is 0.0771 e. The summed E-state index contributed by atoms with van der Waals surface area (Å²) in [6.07, 6.45) is 1.46. The van der Waals surface area contributed by atoms with Gasteiger partial charge in [-0.2, -0.15) is 0 Å². The maximum absolute atomic E-state index is 8.75. The summed E-state index contributed by atoms with van der Waals surface area (Å²) in [6.45, 7) is 1.72. The van der Waals surface area contributed by atoms with Gasteiger partial charge in [0.25, 0.3) is 0 Å². The van der Waals surface area contributed by atoms with Crippen LogP contribution in [-0.2, 0) is 9.47 Å². The average Bonchev–Trinajstić information content (AvgIpc) is 2.43. The fraction of sp³-hybridized carbons (Fsp3) is 1.00. The van der Waals surface area contributed by atoms with Gasteiger partial charge in [-0.25, -0.2) is 0 Å². The molecule has 19 heavy (non-hydrogen) atoms. The maximum Gasteiger partial charge on any atom is 0.0771 e. The molecule has 0 rings (SSSR count). The molecule has 0 aromatic rings. The topological polar surface area (TPSA) is 120 Å². The minimum atomic E-state index is -0.600. The largest absolute Gasteiger partial charge is 0.396 e. The van der Waals surface area contributed by atoms with E-state index in [0.717, 1.165) is 6.42 Å². The van der Waals surface area contributed by atoms with E-state index in [1.807, 2.05) is 0 Å². The Bertz CT molecular complexity index is 138. The Morgan fingerprint density at radius 3 is 1.58 bits per heavy atom. The third-order valence-corrected chi connectivity index (χ3v) is 2.00. The van der Waals surface area contributed by atoms with Crippen molar-refractivity contribution in [3.63, 3.8) is 0 Å². The summed E-state index contributed by atoms with van der Waals surface area (Å²) in [5.41, 5.74) is 0. The van der Waals surface area contributed by atoms with Gasteiger partial charge in [-0.3, -0.25) is 0 Å². The molecule has 0 heterocycles. The molecule has 1 atom stereocenters. The van der Waals surface area contributed by atoms with Crippen molar-refractivity contribution in [2.24, 2.45) is 0 Å². The highest BCUT2D eigenvalue weighted by molar-refractivity contribution is 4.51. The van der Waals surface area contributed by atoms with E-state index in [0.29, 0.717) is 39.3 Å². The van der Waals surface area contributed by atoms with Crippen LogP contribution in [-0.4, -0.2) is 84.5 Å². The minimum Gasteiger partial charge on any atom is -0.396 e. The molecule has 5 N–H and O–H groups in total. The van der Waals surface area contributed by atoms with Gasteiger partial charge in [0.1, 0.15) is 0 Å². The number of unbranched alkanes of at least 4 members (excludes halogenated alkanes) is 1. The second-order valence-corrected chi connectivity index (χ2v) is 3.73. The van der Waals surface area contributed by atoms with Crippen LogP contribution in [0.5, 0.6) is 0 Å². The SMILES string of the molecule is OCCCCC(O)CO.OCCOCCOCCO. The van der Waals surface area contributed by atoms with Crippen LogP contribution >= 0.6 is 0 Å². The normalized spacial score (nSPS) is 11.8. The van der Waals surface area contributed by atoms with Crippen LogP contribution in [0, 0.1) is 0 Å². The Morgan fingerprint density at radius 1 is 0.684 bits per heavy atom. The van der Waals surface area contributed by atoms with Crippen molar-refractivity contribution in [3.8, 4) is 0 Å². The standard InChI is InChI=1S/C6H14O4.C6H14O3/c7-1-3-9-5-6-10-4-2-8;7-4-2-1-3-6(9)5-8/h7-8H,1-6H2;6-9H,1-5H2. The van der Waals surface area contributed by atoms with Crippen molar-refractivity contribution in [1.82, 2.24) is 0 Å². The average molecular weight is 284 g/mol. The van der Waals surface area contributed by atoms with Gasteiger partial charge < -0.3 is 35.0 Å². The summed E-state index contributed by atoms with van der Waals surface area (Å²) in [6, 6.07) is 0. The van der Waals surface area contributed by atoms with Crippen LogP contribution in [0.15, 0.2) is 0 Å². The molecule has 0 fully saturated rings. The van der Waals surface area contributed by atoms with E-state index in [-0.39, 0.29) is 26.4 Å². The Kier molecular flexibility index (Phi) is 22.2. The van der Waals surface area contributed by atoms with Gasteiger partial charge >= 0.3 is 0 Å². The third-order valence-electron chi connectivity index (χ3n) is 2.00. The minimum absolute atomic E-state index is 0.0417. The highest BCUT2D eigenvalue weighted by atomic mass is 16.5. The monoisotopic (exact) mass is 284 g/mol. The molecule has 0 saturated carbocycles. The number of hydrogen-bond acceptors (Lipinski definition) is 7. The zero-order valence-corrected chi connectivity index (χ0v) is 11.4. The number of aliphatic hydroxyl groups is 5. The van der Waals surface area contributed by atoms with Crippen LogP contribution in [0.1, 0.15) is 19.3 Å². The molecule has 0 aromatic heterocycles. The second-order valence-electron chi connectivity index (χ2n) is 3.73. The molecule has 0 bridgehead atoms. The number of hydrogen-bond donors (Lipinski definition) is 5. The van der Waals surface area contributed by atoms with E-state index < -0.39 is 6.10 Å². The molecule has 0 saturated heterocycles. The third kappa shape index (κ3) is 23.3. The number of aliphatic hydroxyl groups excluding tert-OH is 5. The van der Waals surface area contributed by atoms with E-state index in [2.05, 4.69) is 0 Å². The van der Waals surface area contributed by atoms with Crippen LogP contribution < -0.4 is 0 Å². The predicted molar refractivity (Wildman–Crippen MR) is 69.8 cm³/mol. The number of ether oxygens (including phenoxy) is 2. The van der Waals surface area contributed by atoms with Crippen molar-refractivity contribution in [1.29, 1.82) is 0 Å². The highest BCUT2D eigenvalue weighted by Gasteiger charge is 1.99. The van der Waals surface area contributed by atoms with E-state index in [9.17, 15) is 0 Å². The zero-order valence-electron chi connectivity index (χ0n) is 11.4. The van der Waals surface area contributed by atoms with Gasteiger partial charge in [-0.05, 0) is 19.3 Å². The Hall–Kier alpha value is -0.280. The molecule has 0 aliphatic carbocycles. The van der Waals surface area contributed by atoms with Gasteiger partial charge in [0.05, 0.1) is 52.4 Å². The lowest BCUT2D eigenvalue weighted by Gasteiger charge is -2.03. The number of rotatable bonds is 12. The Balaban J connectivity index is 0. The quantitative estimate of drug-likeness (QED) is 0.277. The fourth-order valence-corrected chi connectivity index (χ4v) is 1.03. The first kappa shape index (κ1) is 21.0. The Labute approximate surface area is 114 Å². The molecular formula is C12H28O7. The lowest BCUT2D eigenvalue weighted by atomic mass is 10.2. The molecule has 0 aliphatic rings. The summed E-state index contributed by atoms with van der Waals surface area (Å²) >= 11 is 0. The summed E-state index contributed by atoms with van der Waals surface area (Å²) in [7, 11) is 0. The zero-order chi connectivity index (χ0) is 14.8. The molecule has 1 unspecified atom stereocenters. The van der Waals surface area contributed by atoms with Gasteiger partial charge in [-0.15, -0.1) is 0 Å². The Morgan fingerprint density at radius 2 is 1.21 bits per heavy atom. The van der Waals surface area contributed by atoms with Gasteiger partial charge in [-0.1, -0.05) is 0 Å². The lowest BCUT2D eigenvalue weighted by molar-refractivity contribution is 0.0222. The molecule has 0 radical (unpaired) electrons. The molecule has 7 heteroatoms. The van der Waals surface area contributed by atoms with E-state index >= 15 is 0 Å². The van der Waals surface area contributed by atoms with E-state index in [1.54, 1.807) is 0 Å². The molecule has 0 aromatic carbocycles. The van der Waals surface area contributed by atoms with Crippen LogP contribution in [0.2, 0.25) is 0 Å².